The molecule has 0 amide bonds. The Labute approximate surface area is 112 Å². The molecule has 2 N–H and O–H groups in total. The van der Waals surface area contributed by atoms with E-state index in [-0.39, 0.29) is 16.7 Å². The maximum atomic E-state index is 12.5. The van der Waals surface area contributed by atoms with Crippen LogP contribution in [0.2, 0.25) is 0 Å². The molecule has 1 aliphatic heterocycles. The van der Waals surface area contributed by atoms with Gasteiger partial charge >= 0.3 is 0 Å². The SMILES string of the molecule is Cc1[nH]nc(CO)c1S(=O)(=O)N(C)CC1CCCO1. The van der Waals surface area contributed by atoms with Crippen LogP contribution in [0.1, 0.15) is 24.2 Å². The number of ether oxygens (including phenoxy) is 1. The monoisotopic (exact) mass is 289 g/mol. The van der Waals surface area contributed by atoms with Gasteiger partial charge in [-0.1, -0.05) is 0 Å². The lowest BCUT2D eigenvalue weighted by atomic mass is 10.2. The molecule has 7 nitrogen and oxygen atoms in total. The van der Waals surface area contributed by atoms with E-state index in [1.165, 1.54) is 11.4 Å². The fraction of sp³-hybridized carbons (Fsp3) is 0.727. The Kier molecular flexibility index (Phi) is 4.24. The molecule has 1 aliphatic rings. The summed E-state index contributed by atoms with van der Waals surface area (Å²) in [5.74, 6) is 0. The van der Waals surface area contributed by atoms with Crippen molar-refractivity contribution in [2.45, 2.75) is 37.4 Å². The quantitative estimate of drug-likeness (QED) is 0.796. The second kappa shape index (κ2) is 5.58. The van der Waals surface area contributed by atoms with Crippen LogP contribution in [-0.4, -0.2) is 54.3 Å². The molecule has 0 bridgehead atoms. The van der Waals surface area contributed by atoms with Gasteiger partial charge in [0.15, 0.2) is 0 Å². The summed E-state index contributed by atoms with van der Waals surface area (Å²) in [6.45, 7) is 2.22. The smallest absolute Gasteiger partial charge is 0.246 e. The Bertz CT molecular complexity index is 534. The van der Waals surface area contributed by atoms with E-state index in [1.54, 1.807) is 6.92 Å². The molecule has 0 radical (unpaired) electrons. The molecule has 1 aromatic heterocycles. The molecular weight excluding hydrogens is 270 g/mol. The zero-order valence-electron chi connectivity index (χ0n) is 11.1. The van der Waals surface area contributed by atoms with E-state index in [4.69, 9.17) is 4.74 Å². The minimum Gasteiger partial charge on any atom is -0.390 e. The molecule has 0 aliphatic carbocycles. The molecule has 108 valence electrons. The van der Waals surface area contributed by atoms with Crippen molar-refractivity contribution < 1.29 is 18.3 Å². The molecule has 1 atom stereocenters. The Balaban J connectivity index is 2.22. The number of likely N-dealkylation sites (N-methyl/N-ethyl adjacent to an activating group) is 1. The van der Waals surface area contributed by atoms with Crippen molar-refractivity contribution in [2.75, 3.05) is 20.2 Å². The van der Waals surface area contributed by atoms with Crippen molar-refractivity contribution in [2.24, 2.45) is 0 Å². The number of hydrogen-bond donors (Lipinski definition) is 2. The second-order valence-corrected chi connectivity index (χ2v) is 6.68. The molecule has 0 aromatic carbocycles. The maximum Gasteiger partial charge on any atom is 0.246 e. The summed E-state index contributed by atoms with van der Waals surface area (Å²) in [6.07, 6.45) is 1.78. The van der Waals surface area contributed by atoms with Gasteiger partial charge < -0.3 is 9.84 Å². The van der Waals surface area contributed by atoms with Crippen LogP contribution in [0.4, 0.5) is 0 Å². The number of nitrogens with zero attached hydrogens (tertiary/aromatic N) is 2. The number of H-pyrrole nitrogens is 1. The van der Waals surface area contributed by atoms with Crippen LogP contribution in [0.15, 0.2) is 4.90 Å². The third kappa shape index (κ3) is 2.81. The van der Waals surface area contributed by atoms with Crippen LogP contribution in [0.3, 0.4) is 0 Å². The number of aryl methyl sites for hydroxylation is 1. The number of sulfonamides is 1. The minimum atomic E-state index is -3.66. The number of aliphatic hydroxyl groups is 1. The molecule has 2 rings (SSSR count). The average Bonchev–Trinajstić information content (AvgIpc) is 2.98. The first kappa shape index (κ1) is 14.4. The van der Waals surface area contributed by atoms with Gasteiger partial charge in [0.1, 0.15) is 10.6 Å². The summed E-state index contributed by atoms with van der Waals surface area (Å²) in [5.41, 5.74) is 0.583. The first-order valence-corrected chi connectivity index (χ1v) is 7.63. The fourth-order valence-corrected chi connectivity index (χ4v) is 3.76. The summed E-state index contributed by atoms with van der Waals surface area (Å²) in [5, 5.41) is 15.6. The Hall–Kier alpha value is -0.960. The highest BCUT2D eigenvalue weighted by atomic mass is 32.2. The van der Waals surface area contributed by atoms with Crippen molar-refractivity contribution in [1.29, 1.82) is 0 Å². The average molecular weight is 289 g/mol. The lowest BCUT2D eigenvalue weighted by Crippen LogP contribution is -2.34. The molecular formula is C11H19N3O4S. The second-order valence-electron chi connectivity index (χ2n) is 4.70. The number of hydrogen-bond acceptors (Lipinski definition) is 5. The van der Waals surface area contributed by atoms with Gasteiger partial charge in [0, 0.05) is 20.2 Å². The topological polar surface area (TPSA) is 95.5 Å². The highest BCUT2D eigenvalue weighted by Gasteiger charge is 2.30. The van der Waals surface area contributed by atoms with E-state index in [9.17, 15) is 13.5 Å². The van der Waals surface area contributed by atoms with Gasteiger partial charge in [0.05, 0.1) is 18.4 Å². The zero-order valence-corrected chi connectivity index (χ0v) is 11.9. The predicted molar refractivity (Wildman–Crippen MR) is 68.0 cm³/mol. The van der Waals surface area contributed by atoms with Gasteiger partial charge in [-0.25, -0.2) is 8.42 Å². The number of rotatable bonds is 5. The van der Waals surface area contributed by atoms with Crippen molar-refractivity contribution in [3.05, 3.63) is 11.4 Å². The van der Waals surface area contributed by atoms with Crippen LogP contribution < -0.4 is 0 Å². The largest absolute Gasteiger partial charge is 0.390 e. The highest BCUT2D eigenvalue weighted by Crippen LogP contribution is 2.23. The van der Waals surface area contributed by atoms with Crippen LogP contribution in [0.5, 0.6) is 0 Å². The maximum absolute atomic E-state index is 12.5. The first-order chi connectivity index (χ1) is 8.96. The van der Waals surface area contributed by atoms with Crippen molar-refractivity contribution in [1.82, 2.24) is 14.5 Å². The molecule has 0 spiro atoms. The number of aliphatic hydroxyl groups excluding tert-OH is 1. The fourth-order valence-electron chi connectivity index (χ4n) is 2.25. The molecule has 1 unspecified atom stereocenters. The van der Waals surface area contributed by atoms with Crippen molar-refractivity contribution in [3.63, 3.8) is 0 Å². The lowest BCUT2D eigenvalue weighted by Gasteiger charge is -2.20. The molecule has 0 saturated carbocycles. The number of aromatic amines is 1. The summed E-state index contributed by atoms with van der Waals surface area (Å²) in [6, 6.07) is 0. The third-order valence-corrected chi connectivity index (χ3v) is 5.29. The normalized spacial score (nSPS) is 20.3. The standard InChI is InChI=1S/C11H19N3O4S/c1-8-11(10(7-15)13-12-8)19(16,17)14(2)6-9-4-3-5-18-9/h9,15H,3-7H2,1-2H3,(H,12,13). The van der Waals surface area contributed by atoms with E-state index in [0.29, 0.717) is 18.8 Å². The summed E-state index contributed by atoms with van der Waals surface area (Å²) < 4.78 is 31.7. The number of nitrogens with one attached hydrogen (secondary N) is 1. The van der Waals surface area contributed by atoms with Crippen LogP contribution in [-0.2, 0) is 21.4 Å². The Morgan fingerprint density at radius 1 is 1.58 bits per heavy atom. The summed E-state index contributed by atoms with van der Waals surface area (Å²) in [4.78, 5) is 0.0653. The van der Waals surface area contributed by atoms with E-state index in [2.05, 4.69) is 10.2 Å². The molecule has 19 heavy (non-hydrogen) atoms. The van der Waals surface area contributed by atoms with Crippen LogP contribution >= 0.6 is 0 Å². The van der Waals surface area contributed by atoms with Crippen LogP contribution in [0.25, 0.3) is 0 Å². The Morgan fingerprint density at radius 2 is 2.32 bits per heavy atom. The highest BCUT2D eigenvalue weighted by molar-refractivity contribution is 7.89. The minimum absolute atomic E-state index is 0.0513. The van der Waals surface area contributed by atoms with E-state index in [1.807, 2.05) is 0 Å². The lowest BCUT2D eigenvalue weighted by molar-refractivity contribution is 0.0978. The molecule has 1 fully saturated rings. The molecule has 2 heterocycles. The zero-order chi connectivity index (χ0) is 14.0. The van der Waals surface area contributed by atoms with Gasteiger partial charge in [-0.2, -0.15) is 9.40 Å². The van der Waals surface area contributed by atoms with E-state index < -0.39 is 16.6 Å². The van der Waals surface area contributed by atoms with Gasteiger partial charge in [-0.3, -0.25) is 5.10 Å². The van der Waals surface area contributed by atoms with Gasteiger partial charge in [-0.15, -0.1) is 0 Å². The molecule has 1 saturated heterocycles. The first-order valence-electron chi connectivity index (χ1n) is 6.19. The van der Waals surface area contributed by atoms with E-state index in [0.717, 1.165) is 12.8 Å². The van der Waals surface area contributed by atoms with E-state index >= 15 is 0 Å². The summed E-state index contributed by atoms with van der Waals surface area (Å²) >= 11 is 0. The summed E-state index contributed by atoms with van der Waals surface area (Å²) in [7, 11) is -2.14. The van der Waals surface area contributed by atoms with Crippen molar-refractivity contribution >= 4 is 10.0 Å². The Morgan fingerprint density at radius 3 is 2.89 bits per heavy atom. The molecule has 8 heteroatoms. The predicted octanol–water partition coefficient (Wildman–Crippen LogP) is 0.00992. The number of aromatic nitrogens is 2. The van der Waals surface area contributed by atoms with Gasteiger partial charge in [0.2, 0.25) is 10.0 Å². The van der Waals surface area contributed by atoms with Crippen molar-refractivity contribution in [3.8, 4) is 0 Å². The van der Waals surface area contributed by atoms with Gasteiger partial charge in [-0.05, 0) is 19.8 Å². The van der Waals surface area contributed by atoms with Gasteiger partial charge in [0.25, 0.3) is 0 Å². The van der Waals surface area contributed by atoms with Crippen LogP contribution in [0, 0.1) is 6.92 Å². The third-order valence-electron chi connectivity index (χ3n) is 3.26. The molecule has 1 aromatic rings.